The molecule has 1 aliphatic rings. The van der Waals surface area contributed by atoms with E-state index >= 15 is 0 Å². The van der Waals surface area contributed by atoms with Gasteiger partial charge in [-0.1, -0.05) is 19.9 Å². The molecule has 4 atom stereocenters. The quantitative estimate of drug-likeness (QED) is 0.835. The summed E-state index contributed by atoms with van der Waals surface area (Å²) in [5, 5.41) is 10.8. The molecule has 100 valence electrons. The lowest BCUT2D eigenvalue weighted by atomic mass is 9.79. The molecule has 0 unspecified atom stereocenters. The maximum absolute atomic E-state index is 10.8. The Labute approximate surface area is 108 Å². The zero-order valence-corrected chi connectivity index (χ0v) is 11.3. The number of furan rings is 1. The van der Waals surface area contributed by atoms with E-state index in [4.69, 9.17) is 9.15 Å². The van der Waals surface area contributed by atoms with Gasteiger partial charge in [-0.2, -0.15) is 0 Å². The molecule has 0 aliphatic heterocycles. The van der Waals surface area contributed by atoms with Crippen molar-refractivity contribution in [2.45, 2.75) is 37.9 Å². The monoisotopic (exact) mass is 250 g/mol. The van der Waals surface area contributed by atoms with Crippen molar-refractivity contribution < 1.29 is 14.3 Å². The summed E-state index contributed by atoms with van der Waals surface area (Å²) < 4.78 is 11.4. The van der Waals surface area contributed by atoms with Gasteiger partial charge in [-0.15, -0.1) is 6.58 Å². The number of aliphatic hydroxyl groups is 1. The van der Waals surface area contributed by atoms with E-state index in [0.717, 1.165) is 5.76 Å². The van der Waals surface area contributed by atoms with Crippen LogP contribution in [-0.4, -0.2) is 17.8 Å². The molecule has 3 nitrogen and oxygen atoms in total. The van der Waals surface area contributed by atoms with Gasteiger partial charge in [0.15, 0.2) is 0 Å². The van der Waals surface area contributed by atoms with Gasteiger partial charge in [0.25, 0.3) is 0 Å². The maximum atomic E-state index is 10.8. The van der Waals surface area contributed by atoms with Crippen molar-refractivity contribution in [3.8, 4) is 0 Å². The molecule has 0 radical (unpaired) electrons. The lowest BCUT2D eigenvalue weighted by Crippen LogP contribution is -2.42. The minimum absolute atomic E-state index is 0.0471. The fraction of sp³-hybridized carbons (Fsp3) is 0.600. The summed E-state index contributed by atoms with van der Waals surface area (Å²) >= 11 is 0. The van der Waals surface area contributed by atoms with Gasteiger partial charge in [-0.3, -0.25) is 0 Å². The van der Waals surface area contributed by atoms with Crippen LogP contribution in [0.15, 0.2) is 35.5 Å². The second-order valence-corrected chi connectivity index (χ2v) is 5.40. The topological polar surface area (TPSA) is 42.6 Å². The van der Waals surface area contributed by atoms with E-state index in [1.54, 1.807) is 19.4 Å². The van der Waals surface area contributed by atoms with Gasteiger partial charge < -0.3 is 14.3 Å². The summed E-state index contributed by atoms with van der Waals surface area (Å²) in [6.07, 6.45) is 4.69. The van der Waals surface area contributed by atoms with Crippen molar-refractivity contribution in [1.29, 1.82) is 0 Å². The van der Waals surface area contributed by atoms with Crippen molar-refractivity contribution in [2.24, 2.45) is 11.8 Å². The third kappa shape index (κ3) is 1.65. The number of rotatable bonds is 4. The van der Waals surface area contributed by atoms with Crippen LogP contribution in [0.3, 0.4) is 0 Å². The second-order valence-electron chi connectivity index (χ2n) is 5.40. The number of ether oxygens (including phenoxy) is 1. The molecule has 0 amide bonds. The molecule has 1 aromatic heterocycles. The highest BCUT2D eigenvalue weighted by molar-refractivity contribution is 5.21. The lowest BCUT2D eigenvalue weighted by Gasteiger charge is -2.37. The van der Waals surface area contributed by atoms with Crippen LogP contribution in [0.5, 0.6) is 0 Å². The first kappa shape index (κ1) is 13.4. The lowest BCUT2D eigenvalue weighted by molar-refractivity contribution is -0.116. The SMILES string of the molecule is C=CC[C@@]1(O)C[C@H](C)[C@@](OC)(c2ccco2)[C@@H]1C. The molecule has 1 saturated carbocycles. The number of hydrogen-bond acceptors (Lipinski definition) is 3. The van der Waals surface area contributed by atoms with Crippen LogP contribution < -0.4 is 0 Å². The molecular weight excluding hydrogens is 228 g/mol. The molecule has 0 saturated heterocycles. The van der Waals surface area contributed by atoms with E-state index in [-0.39, 0.29) is 11.8 Å². The van der Waals surface area contributed by atoms with E-state index < -0.39 is 11.2 Å². The molecule has 0 aromatic carbocycles. The van der Waals surface area contributed by atoms with Gasteiger partial charge in [-0.05, 0) is 30.9 Å². The highest BCUT2D eigenvalue weighted by Gasteiger charge is 2.60. The molecule has 2 rings (SSSR count). The van der Waals surface area contributed by atoms with Gasteiger partial charge in [0.05, 0.1) is 11.9 Å². The Hall–Kier alpha value is -1.06. The normalized spacial score (nSPS) is 40.0. The minimum atomic E-state index is -0.774. The molecule has 1 heterocycles. The predicted molar refractivity (Wildman–Crippen MR) is 70.1 cm³/mol. The highest BCUT2D eigenvalue weighted by Crippen LogP contribution is 2.55. The van der Waals surface area contributed by atoms with Crippen molar-refractivity contribution in [2.75, 3.05) is 7.11 Å². The van der Waals surface area contributed by atoms with Crippen LogP contribution in [-0.2, 0) is 10.3 Å². The second kappa shape index (κ2) is 4.56. The first-order valence-electron chi connectivity index (χ1n) is 6.43. The first-order valence-corrected chi connectivity index (χ1v) is 6.43. The van der Waals surface area contributed by atoms with E-state index in [1.165, 1.54) is 0 Å². The summed E-state index contributed by atoms with van der Waals surface area (Å²) in [6.45, 7) is 7.87. The number of methoxy groups -OCH3 is 1. The number of hydrogen-bond donors (Lipinski definition) is 1. The summed E-state index contributed by atoms with van der Waals surface area (Å²) in [5.41, 5.74) is -1.33. The Bertz CT molecular complexity index is 411. The molecule has 18 heavy (non-hydrogen) atoms. The van der Waals surface area contributed by atoms with E-state index in [0.29, 0.717) is 12.8 Å². The molecule has 0 spiro atoms. The van der Waals surface area contributed by atoms with Gasteiger partial charge in [0.1, 0.15) is 11.4 Å². The van der Waals surface area contributed by atoms with E-state index in [2.05, 4.69) is 13.5 Å². The zero-order chi connectivity index (χ0) is 13.4. The summed E-state index contributed by atoms with van der Waals surface area (Å²) in [4.78, 5) is 0. The van der Waals surface area contributed by atoms with Gasteiger partial charge in [0.2, 0.25) is 0 Å². The third-order valence-electron chi connectivity index (χ3n) is 4.58. The Morgan fingerprint density at radius 2 is 2.33 bits per heavy atom. The van der Waals surface area contributed by atoms with Gasteiger partial charge in [-0.25, -0.2) is 0 Å². The Morgan fingerprint density at radius 1 is 1.61 bits per heavy atom. The molecular formula is C15H22O3. The summed E-state index contributed by atoms with van der Waals surface area (Å²) in [7, 11) is 1.69. The van der Waals surface area contributed by atoms with Crippen LogP contribution in [0.2, 0.25) is 0 Å². The standard InChI is InChI=1S/C15H22O3/c1-5-8-14(16)10-11(2)15(17-4,12(14)3)13-7-6-9-18-13/h5-7,9,11-12,16H,1,8,10H2,2-4H3/t11-,12+,14+,15-/m0/s1. The first-order chi connectivity index (χ1) is 8.51. The smallest absolute Gasteiger partial charge is 0.136 e. The average molecular weight is 250 g/mol. The summed E-state index contributed by atoms with van der Waals surface area (Å²) in [6, 6.07) is 3.79. The molecule has 1 aliphatic carbocycles. The molecule has 0 bridgehead atoms. The van der Waals surface area contributed by atoms with Crippen molar-refractivity contribution in [3.05, 3.63) is 36.8 Å². The predicted octanol–water partition coefficient (Wildman–Crippen LogP) is 3.10. The van der Waals surface area contributed by atoms with E-state index in [1.807, 2.05) is 19.1 Å². The van der Waals surface area contributed by atoms with Crippen molar-refractivity contribution in [3.63, 3.8) is 0 Å². The zero-order valence-electron chi connectivity index (χ0n) is 11.3. The summed E-state index contributed by atoms with van der Waals surface area (Å²) in [5.74, 6) is 0.938. The van der Waals surface area contributed by atoms with Gasteiger partial charge in [0, 0.05) is 13.0 Å². The van der Waals surface area contributed by atoms with Crippen LogP contribution in [0.25, 0.3) is 0 Å². The molecule has 3 heteroatoms. The Morgan fingerprint density at radius 3 is 2.83 bits per heavy atom. The van der Waals surface area contributed by atoms with Gasteiger partial charge >= 0.3 is 0 Å². The van der Waals surface area contributed by atoms with Crippen LogP contribution >= 0.6 is 0 Å². The molecule has 1 N–H and O–H groups in total. The van der Waals surface area contributed by atoms with Crippen LogP contribution in [0.4, 0.5) is 0 Å². The average Bonchev–Trinajstić information content (AvgIpc) is 2.89. The molecule has 1 aromatic rings. The largest absolute Gasteiger partial charge is 0.466 e. The maximum Gasteiger partial charge on any atom is 0.136 e. The fourth-order valence-corrected chi connectivity index (χ4v) is 3.63. The highest BCUT2D eigenvalue weighted by atomic mass is 16.5. The van der Waals surface area contributed by atoms with Crippen LogP contribution in [0, 0.1) is 11.8 Å². The Balaban J connectivity index is 2.46. The van der Waals surface area contributed by atoms with Crippen molar-refractivity contribution >= 4 is 0 Å². The fourth-order valence-electron chi connectivity index (χ4n) is 3.63. The molecule has 1 fully saturated rings. The van der Waals surface area contributed by atoms with Crippen LogP contribution in [0.1, 0.15) is 32.4 Å². The minimum Gasteiger partial charge on any atom is -0.466 e. The Kier molecular flexibility index (Phi) is 3.39. The third-order valence-corrected chi connectivity index (χ3v) is 4.58. The van der Waals surface area contributed by atoms with E-state index in [9.17, 15) is 5.11 Å². The van der Waals surface area contributed by atoms with Crippen molar-refractivity contribution in [1.82, 2.24) is 0 Å².